The number of benzene rings is 2. The van der Waals surface area contributed by atoms with Crippen molar-refractivity contribution in [3.8, 4) is 5.75 Å². The summed E-state index contributed by atoms with van der Waals surface area (Å²) in [6, 6.07) is 14.5. The number of carbonyl (C=O) groups is 1. The minimum atomic E-state index is -0.237. The number of rotatable bonds is 8. The number of ether oxygens (including phenoxy) is 1. The molecule has 1 saturated heterocycles. The van der Waals surface area contributed by atoms with Crippen LogP contribution < -0.4 is 15.0 Å². The largest absolute Gasteiger partial charge is 0.495 e. The Bertz CT molecular complexity index is 759. The number of anilines is 1. The fraction of sp³-hybridized carbons (Fsp3) is 0.409. The smallest absolute Gasteiger partial charge is 0.221 e. The van der Waals surface area contributed by atoms with Crippen molar-refractivity contribution in [2.24, 2.45) is 0 Å². The first-order valence-electron chi connectivity index (χ1n) is 9.77. The predicted molar refractivity (Wildman–Crippen MR) is 109 cm³/mol. The van der Waals surface area contributed by atoms with Crippen LogP contribution >= 0.6 is 0 Å². The van der Waals surface area contributed by atoms with E-state index in [0.717, 1.165) is 49.7 Å². The van der Waals surface area contributed by atoms with Crippen LogP contribution in [0.5, 0.6) is 5.75 Å². The van der Waals surface area contributed by atoms with E-state index in [1.165, 1.54) is 12.1 Å². The zero-order valence-corrected chi connectivity index (χ0v) is 16.4. The summed E-state index contributed by atoms with van der Waals surface area (Å²) < 4.78 is 18.3. The Balaban J connectivity index is 1.34. The van der Waals surface area contributed by atoms with E-state index in [1.807, 2.05) is 18.2 Å². The third-order valence-corrected chi connectivity index (χ3v) is 5.10. The SMILES string of the molecule is COc1ccccc1N1CCN(CCC(=O)NCCc2ccc(F)cc2)CC1. The lowest BCUT2D eigenvalue weighted by atomic mass is 10.1. The van der Waals surface area contributed by atoms with Crippen molar-refractivity contribution in [2.75, 3.05) is 51.3 Å². The number of nitrogens with one attached hydrogen (secondary N) is 1. The number of hydrogen-bond acceptors (Lipinski definition) is 4. The maximum Gasteiger partial charge on any atom is 0.221 e. The van der Waals surface area contributed by atoms with Crippen molar-refractivity contribution in [1.82, 2.24) is 10.2 Å². The lowest BCUT2D eigenvalue weighted by molar-refractivity contribution is -0.121. The van der Waals surface area contributed by atoms with Gasteiger partial charge in [-0.3, -0.25) is 9.69 Å². The van der Waals surface area contributed by atoms with Gasteiger partial charge in [0.25, 0.3) is 0 Å². The summed E-state index contributed by atoms with van der Waals surface area (Å²) in [4.78, 5) is 16.7. The standard InChI is InChI=1S/C22H28FN3O2/c1-28-21-5-3-2-4-20(21)26-16-14-25(15-17-26)13-11-22(27)24-12-10-18-6-8-19(23)9-7-18/h2-9H,10-17H2,1H3,(H,24,27). The van der Waals surface area contributed by atoms with Crippen LogP contribution in [0.4, 0.5) is 10.1 Å². The molecule has 0 saturated carbocycles. The molecule has 1 fully saturated rings. The predicted octanol–water partition coefficient (Wildman–Crippen LogP) is 2.71. The Kier molecular flexibility index (Phi) is 7.25. The van der Waals surface area contributed by atoms with Gasteiger partial charge in [-0.05, 0) is 36.2 Å². The van der Waals surface area contributed by atoms with Crippen molar-refractivity contribution in [3.63, 3.8) is 0 Å². The van der Waals surface area contributed by atoms with Gasteiger partial charge in [-0.25, -0.2) is 4.39 Å². The molecule has 0 radical (unpaired) electrons. The van der Waals surface area contributed by atoms with Crippen molar-refractivity contribution in [1.29, 1.82) is 0 Å². The highest BCUT2D eigenvalue weighted by atomic mass is 19.1. The second-order valence-corrected chi connectivity index (χ2v) is 6.98. The van der Waals surface area contributed by atoms with E-state index in [9.17, 15) is 9.18 Å². The Morgan fingerprint density at radius 1 is 1.07 bits per heavy atom. The highest BCUT2D eigenvalue weighted by molar-refractivity contribution is 5.76. The van der Waals surface area contributed by atoms with Gasteiger partial charge in [0, 0.05) is 45.7 Å². The fourth-order valence-corrected chi connectivity index (χ4v) is 3.45. The number of methoxy groups -OCH3 is 1. The van der Waals surface area contributed by atoms with E-state index < -0.39 is 0 Å². The monoisotopic (exact) mass is 385 g/mol. The van der Waals surface area contributed by atoms with Crippen LogP contribution in [0.3, 0.4) is 0 Å². The Hall–Kier alpha value is -2.60. The molecule has 1 amide bonds. The lowest BCUT2D eigenvalue weighted by Gasteiger charge is -2.36. The quantitative estimate of drug-likeness (QED) is 0.759. The van der Waals surface area contributed by atoms with Gasteiger partial charge in [0.2, 0.25) is 5.91 Å². The normalized spacial score (nSPS) is 14.7. The highest BCUT2D eigenvalue weighted by Crippen LogP contribution is 2.28. The number of halogens is 1. The van der Waals surface area contributed by atoms with Gasteiger partial charge < -0.3 is 15.0 Å². The van der Waals surface area contributed by atoms with Crippen molar-refractivity contribution in [2.45, 2.75) is 12.8 Å². The molecule has 1 aliphatic heterocycles. The fourth-order valence-electron chi connectivity index (χ4n) is 3.45. The molecule has 0 unspecified atom stereocenters. The minimum absolute atomic E-state index is 0.0641. The minimum Gasteiger partial charge on any atom is -0.495 e. The van der Waals surface area contributed by atoms with Gasteiger partial charge >= 0.3 is 0 Å². The van der Waals surface area contributed by atoms with Crippen LogP contribution in [0, 0.1) is 5.82 Å². The Labute approximate surface area is 166 Å². The number of hydrogen-bond donors (Lipinski definition) is 1. The topological polar surface area (TPSA) is 44.8 Å². The van der Waals surface area contributed by atoms with Gasteiger partial charge in [0.15, 0.2) is 0 Å². The van der Waals surface area contributed by atoms with Gasteiger partial charge in [-0.2, -0.15) is 0 Å². The van der Waals surface area contributed by atoms with E-state index in [2.05, 4.69) is 21.2 Å². The molecule has 2 aromatic carbocycles. The maximum atomic E-state index is 12.9. The summed E-state index contributed by atoms with van der Waals surface area (Å²) >= 11 is 0. The molecular weight excluding hydrogens is 357 g/mol. The van der Waals surface area contributed by atoms with E-state index in [0.29, 0.717) is 19.4 Å². The molecule has 0 atom stereocenters. The average Bonchev–Trinajstić information content (AvgIpc) is 2.74. The second-order valence-electron chi connectivity index (χ2n) is 6.98. The van der Waals surface area contributed by atoms with Crippen molar-refractivity contribution < 1.29 is 13.9 Å². The molecule has 1 aliphatic rings. The summed E-state index contributed by atoms with van der Waals surface area (Å²) in [5, 5.41) is 2.95. The Morgan fingerprint density at radius 3 is 2.50 bits per heavy atom. The summed E-state index contributed by atoms with van der Waals surface area (Å²) in [5.74, 6) is 0.726. The Morgan fingerprint density at radius 2 is 1.79 bits per heavy atom. The van der Waals surface area contributed by atoms with Crippen molar-refractivity contribution >= 4 is 11.6 Å². The number of nitrogens with zero attached hydrogens (tertiary/aromatic N) is 2. The molecule has 0 spiro atoms. The molecule has 28 heavy (non-hydrogen) atoms. The van der Waals surface area contributed by atoms with E-state index in [1.54, 1.807) is 19.2 Å². The molecule has 6 heteroatoms. The van der Waals surface area contributed by atoms with Gasteiger partial charge in [-0.15, -0.1) is 0 Å². The van der Waals surface area contributed by atoms with Gasteiger partial charge in [-0.1, -0.05) is 24.3 Å². The maximum absolute atomic E-state index is 12.9. The highest BCUT2D eigenvalue weighted by Gasteiger charge is 2.19. The first-order chi connectivity index (χ1) is 13.7. The molecule has 1 heterocycles. The van der Waals surface area contributed by atoms with Crippen LogP contribution in [0.15, 0.2) is 48.5 Å². The van der Waals surface area contributed by atoms with Crippen LogP contribution in [0.1, 0.15) is 12.0 Å². The summed E-state index contributed by atoms with van der Waals surface area (Å²) in [6.45, 7) is 5.05. The van der Waals surface area contributed by atoms with Gasteiger partial charge in [0.1, 0.15) is 11.6 Å². The van der Waals surface area contributed by atoms with Crippen LogP contribution in [0.2, 0.25) is 0 Å². The molecule has 1 N–H and O–H groups in total. The van der Waals surface area contributed by atoms with Crippen LogP contribution in [-0.2, 0) is 11.2 Å². The number of carbonyl (C=O) groups excluding carboxylic acids is 1. The molecule has 0 aliphatic carbocycles. The molecule has 2 aromatic rings. The lowest BCUT2D eigenvalue weighted by Crippen LogP contribution is -2.47. The van der Waals surface area contributed by atoms with Gasteiger partial charge in [0.05, 0.1) is 12.8 Å². The van der Waals surface area contributed by atoms with Crippen molar-refractivity contribution in [3.05, 3.63) is 59.9 Å². The van der Waals surface area contributed by atoms with E-state index in [4.69, 9.17) is 4.74 Å². The second kappa shape index (κ2) is 10.1. The third kappa shape index (κ3) is 5.70. The summed E-state index contributed by atoms with van der Waals surface area (Å²) in [7, 11) is 1.70. The van der Waals surface area contributed by atoms with Crippen LogP contribution in [-0.4, -0.2) is 57.2 Å². The number of para-hydroxylation sites is 2. The van der Waals surface area contributed by atoms with E-state index >= 15 is 0 Å². The summed E-state index contributed by atoms with van der Waals surface area (Å²) in [6.07, 6.45) is 1.21. The molecular formula is C22H28FN3O2. The first kappa shape index (κ1) is 20.1. The molecule has 0 aromatic heterocycles. The van der Waals surface area contributed by atoms with E-state index in [-0.39, 0.29) is 11.7 Å². The summed E-state index contributed by atoms with van der Waals surface area (Å²) in [5.41, 5.74) is 2.15. The third-order valence-electron chi connectivity index (χ3n) is 5.10. The molecule has 150 valence electrons. The zero-order chi connectivity index (χ0) is 19.8. The molecule has 5 nitrogen and oxygen atoms in total. The molecule has 0 bridgehead atoms. The average molecular weight is 385 g/mol. The number of amides is 1. The first-order valence-corrected chi connectivity index (χ1v) is 9.77. The van der Waals surface area contributed by atoms with Crippen LogP contribution in [0.25, 0.3) is 0 Å². The number of piperazine rings is 1. The molecule has 3 rings (SSSR count). The zero-order valence-electron chi connectivity index (χ0n) is 16.4.